The van der Waals surface area contributed by atoms with Crippen LogP contribution in [0.3, 0.4) is 0 Å². The minimum Gasteiger partial charge on any atom is -0.329 e. The molecule has 0 aliphatic rings. The molecule has 0 saturated heterocycles. The molecule has 0 amide bonds. The molecule has 1 aromatic rings. The summed E-state index contributed by atoms with van der Waals surface area (Å²) in [5.74, 6) is 0. The number of anilines is 1. The minimum absolute atomic E-state index is 0.115. The SMILES string of the molecule is CCC(CN)S(=O)(=O)Nc1ccc(C)nc1C. The van der Waals surface area contributed by atoms with E-state index in [4.69, 9.17) is 5.73 Å². The van der Waals surface area contributed by atoms with Gasteiger partial charge in [0.25, 0.3) is 0 Å². The Bertz CT molecular complexity index is 481. The van der Waals surface area contributed by atoms with E-state index in [0.29, 0.717) is 17.8 Å². The van der Waals surface area contributed by atoms with Gasteiger partial charge in [0, 0.05) is 12.2 Å². The molecule has 0 fully saturated rings. The number of hydrogen-bond donors (Lipinski definition) is 2. The van der Waals surface area contributed by atoms with Crippen LogP contribution in [0.2, 0.25) is 0 Å². The third-order valence-corrected chi connectivity index (χ3v) is 4.54. The van der Waals surface area contributed by atoms with Crippen LogP contribution in [0.5, 0.6) is 0 Å². The lowest BCUT2D eigenvalue weighted by Crippen LogP contribution is -2.34. The smallest absolute Gasteiger partial charge is 0.236 e. The maximum atomic E-state index is 12.0. The van der Waals surface area contributed by atoms with Crippen molar-refractivity contribution in [3.05, 3.63) is 23.5 Å². The highest BCUT2D eigenvalue weighted by Crippen LogP contribution is 2.16. The summed E-state index contributed by atoms with van der Waals surface area (Å²) in [7, 11) is -3.43. The third-order valence-electron chi connectivity index (χ3n) is 2.63. The molecule has 1 atom stereocenters. The van der Waals surface area contributed by atoms with Crippen molar-refractivity contribution in [3.8, 4) is 0 Å². The van der Waals surface area contributed by atoms with Crippen LogP contribution >= 0.6 is 0 Å². The maximum absolute atomic E-state index is 12.0. The molecule has 96 valence electrons. The molecular weight excluding hydrogens is 238 g/mol. The summed E-state index contributed by atoms with van der Waals surface area (Å²) in [4.78, 5) is 4.21. The van der Waals surface area contributed by atoms with Crippen LogP contribution in [0.4, 0.5) is 5.69 Å². The molecule has 0 spiro atoms. The van der Waals surface area contributed by atoms with Crippen LogP contribution in [-0.2, 0) is 10.0 Å². The number of nitrogens with two attached hydrogens (primary N) is 1. The second-order valence-electron chi connectivity index (χ2n) is 4.00. The van der Waals surface area contributed by atoms with Gasteiger partial charge in [-0.05, 0) is 32.4 Å². The largest absolute Gasteiger partial charge is 0.329 e. The maximum Gasteiger partial charge on any atom is 0.236 e. The lowest BCUT2D eigenvalue weighted by atomic mass is 10.3. The lowest BCUT2D eigenvalue weighted by molar-refractivity contribution is 0.581. The van der Waals surface area contributed by atoms with E-state index in [9.17, 15) is 8.42 Å². The molecule has 1 heterocycles. The van der Waals surface area contributed by atoms with Gasteiger partial charge in [0.1, 0.15) is 0 Å². The van der Waals surface area contributed by atoms with E-state index in [0.717, 1.165) is 5.69 Å². The molecule has 5 nitrogen and oxygen atoms in total. The van der Waals surface area contributed by atoms with Gasteiger partial charge in [-0.3, -0.25) is 9.71 Å². The van der Waals surface area contributed by atoms with E-state index in [-0.39, 0.29) is 6.54 Å². The van der Waals surface area contributed by atoms with Gasteiger partial charge < -0.3 is 5.73 Å². The number of aryl methyl sites for hydroxylation is 2. The van der Waals surface area contributed by atoms with E-state index < -0.39 is 15.3 Å². The zero-order chi connectivity index (χ0) is 13.1. The van der Waals surface area contributed by atoms with E-state index in [1.165, 1.54) is 0 Å². The van der Waals surface area contributed by atoms with Crippen LogP contribution in [-0.4, -0.2) is 25.2 Å². The molecule has 0 aliphatic heterocycles. The van der Waals surface area contributed by atoms with E-state index in [1.807, 2.05) is 6.92 Å². The quantitative estimate of drug-likeness (QED) is 0.829. The number of sulfonamides is 1. The van der Waals surface area contributed by atoms with Crippen molar-refractivity contribution in [1.82, 2.24) is 4.98 Å². The van der Waals surface area contributed by atoms with Crippen molar-refractivity contribution < 1.29 is 8.42 Å². The summed E-state index contributed by atoms with van der Waals surface area (Å²) in [6.45, 7) is 5.55. The first-order valence-corrected chi connectivity index (χ1v) is 7.11. The van der Waals surface area contributed by atoms with Crippen LogP contribution in [0.1, 0.15) is 24.7 Å². The van der Waals surface area contributed by atoms with Gasteiger partial charge in [-0.15, -0.1) is 0 Å². The number of hydrogen-bond acceptors (Lipinski definition) is 4. The fraction of sp³-hybridized carbons (Fsp3) is 0.545. The molecule has 0 saturated carbocycles. The lowest BCUT2D eigenvalue weighted by Gasteiger charge is -2.16. The fourth-order valence-electron chi connectivity index (χ4n) is 1.54. The van der Waals surface area contributed by atoms with Crippen molar-refractivity contribution in [2.24, 2.45) is 5.73 Å². The minimum atomic E-state index is -3.43. The van der Waals surface area contributed by atoms with E-state index >= 15 is 0 Å². The van der Waals surface area contributed by atoms with Gasteiger partial charge in [-0.2, -0.15) is 0 Å². The highest BCUT2D eigenvalue weighted by atomic mass is 32.2. The first kappa shape index (κ1) is 13.9. The summed E-state index contributed by atoms with van der Waals surface area (Å²) in [6.07, 6.45) is 0.490. The van der Waals surface area contributed by atoms with Gasteiger partial charge >= 0.3 is 0 Å². The van der Waals surface area contributed by atoms with Crippen molar-refractivity contribution in [2.75, 3.05) is 11.3 Å². The number of pyridine rings is 1. The Labute approximate surface area is 102 Å². The van der Waals surface area contributed by atoms with Crippen LogP contribution in [0.15, 0.2) is 12.1 Å². The van der Waals surface area contributed by atoms with Crippen molar-refractivity contribution >= 4 is 15.7 Å². The number of aromatic nitrogens is 1. The molecule has 1 rings (SSSR count). The Morgan fingerprint density at radius 2 is 2.06 bits per heavy atom. The summed E-state index contributed by atoms with van der Waals surface area (Å²) < 4.78 is 26.5. The Balaban J connectivity index is 2.98. The van der Waals surface area contributed by atoms with Crippen LogP contribution < -0.4 is 10.5 Å². The first-order valence-electron chi connectivity index (χ1n) is 5.56. The number of nitrogens with one attached hydrogen (secondary N) is 1. The molecule has 0 radical (unpaired) electrons. The Kier molecular flexibility index (Phi) is 4.47. The highest BCUT2D eigenvalue weighted by Gasteiger charge is 2.22. The fourth-order valence-corrected chi connectivity index (χ4v) is 2.92. The number of nitrogens with zero attached hydrogens (tertiary/aromatic N) is 1. The molecule has 1 unspecified atom stereocenters. The standard InChI is InChI=1S/C11H19N3O2S/c1-4-10(7-12)17(15,16)14-11-6-5-8(2)13-9(11)3/h5-6,10,14H,4,7,12H2,1-3H3. The van der Waals surface area contributed by atoms with Gasteiger partial charge in [-0.25, -0.2) is 8.42 Å². The Morgan fingerprint density at radius 1 is 1.41 bits per heavy atom. The van der Waals surface area contributed by atoms with E-state index in [2.05, 4.69) is 9.71 Å². The topological polar surface area (TPSA) is 85.1 Å². The summed E-state index contributed by atoms with van der Waals surface area (Å²) in [5, 5.41) is -0.566. The molecule has 1 aromatic heterocycles. The Morgan fingerprint density at radius 3 is 2.53 bits per heavy atom. The molecular formula is C11H19N3O2S. The monoisotopic (exact) mass is 257 g/mol. The van der Waals surface area contributed by atoms with Crippen LogP contribution in [0, 0.1) is 13.8 Å². The second kappa shape index (κ2) is 5.46. The van der Waals surface area contributed by atoms with Gasteiger partial charge in [-0.1, -0.05) is 6.92 Å². The van der Waals surface area contributed by atoms with Crippen molar-refractivity contribution in [1.29, 1.82) is 0 Å². The van der Waals surface area contributed by atoms with Gasteiger partial charge in [0.15, 0.2) is 0 Å². The average Bonchev–Trinajstić information content (AvgIpc) is 2.23. The molecule has 3 N–H and O–H groups in total. The Hall–Kier alpha value is -1.14. The van der Waals surface area contributed by atoms with Crippen molar-refractivity contribution in [3.63, 3.8) is 0 Å². The predicted octanol–water partition coefficient (Wildman–Crippen LogP) is 1.18. The molecule has 17 heavy (non-hydrogen) atoms. The zero-order valence-corrected chi connectivity index (χ0v) is 11.2. The van der Waals surface area contributed by atoms with Gasteiger partial charge in [0.05, 0.1) is 16.6 Å². The summed E-state index contributed by atoms with van der Waals surface area (Å²) in [5.41, 5.74) is 7.49. The molecule has 0 bridgehead atoms. The highest BCUT2D eigenvalue weighted by molar-refractivity contribution is 7.93. The normalized spacial score (nSPS) is 13.4. The summed E-state index contributed by atoms with van der Waals surface area (Å²) in [6, 6.07) is 3.49. The zero-order valence-electron chi connectivity index (χ0n) is 10.4. The number of rotatable bonds is 5. The van der Waals surface area contributed by atoms with E-state index in [1.54, 1.807) is 26.0 Å². The predicted molar refractivity (Wildman–Crippen MR) is 69.4 cm³/mol. The second-order valence-corrected chi connectivity index (χ2v) is 5.96. The third kappa shape index (κ3) is 3.41. The molecule has 0 aliphatic carbocycles. The van der Waals surface area contributed by atoms with Crippen LogP contribution in [0.25, 0.3) is 0 Å². The first-order chi connectivity index (χ1) is 7.90. The molecule has 6 heteroatoms. The molecule has 0 aromatic carbocycles. The van der Waals surface area contributed by atoms with Crippen molar-refractivity contribution in [2.45, 2.75) is 32.4 Å². The summed E-state index contributed by atoms with van der Waals surface area (Å²) >= 11 is 0. The average molecular weight is 257 g/mol. The van der Waals surface area contributed by atoms with Gasteiger partial charge in [0.2, 0.25) is 10.0 Å².